The largest absolute Gasteiger partial charge is 0.492 e. The van der Waals surface area contributed by atoms with Gasteiger partial charge in [0, 0.05) is 18.4 Å². The molecule has 3 nitrogen and oxygen atoms in total. The highest BCUT2D eigenvalue weighted by Gasteiger charge is 2.23. The molecule has 1 heterocycles. The van der Waals surface area contributed by atoms with Gasteiger partial charge in [-0.05, 0) is 25.5 Å². The third-order valence-electron chi connectivity index (χ3n) is 2.63. The van der Waals surface area contributed by atoms with Crippen molar-refractivity contribution in [1.82, 2.24) is 0 Å². The molecule has 86 valence electrons. The van der Waals surface area contributed by atoms with Crippen molar-refractivity contribution >= 4 is 5.78 Å². The standard InChI is InChI=1S/C13H17NO2/c1-13(2,14)8-11(15)10-5-3-4-9-6-7-16-12(9)10/h3-5H,6-8,14H2,1-2H3. The number of fused-ring (bicyclic) bond motifs is 1. The molecule has 0 saturated carbocycles. The first-order chi connectivity index (χ1) is 7.47. The zero-order chi connectivity index (χ0) is 11.8. The van der Waals surface area contributed by atoms with E-state index in [1.54, 1.807) is 0 Å². The molecular formula is C13H17NO2. The minimum atomic E-state index is -0.474. The Labute approximate surface area is 95.6 Å². The van der Waals surface area contributed by atoms with Crippen LogP contribution >= 0.6 is 0 Å². The molecule has 16 heavy (non-hydrogen) atoms. The third kappa shape index (κ3) is 2.25. The van der Waals surface area contributed by atoms with Crippen LogP contribution in [0.1, 0.15) is 36.2 Å². The Morgan fingerprint density at radius 1 is 1.50 bits per heavy atom. The van der Waals surface area contributed by atoms with Crippen LogP contribution in [0.3, 0.4) is 0 Å². The third-order valence-corrected chi connectivity index (χ3v) is 2.63. The van der Waals surface area contributed by atoms with Gasteiger partial charge in [0.2, 0.25) is 0 Å². The van der Waals surface area contributed by atoms with Crippen molar-refractivity contribution in [2.75, 3.05) is 6.61 Å². The zero-order valence-electron chi connectivity index (χ0n) is 9.75. The topological polar surface area (TPSA) is 52.3 Å². The number of hydrogen-bond donors (Lipinski definition) is 1. The first-order valence-electron chi connectivity index (χ1n) is 5.54. The Morgan fingerprint density at radius 2 is 2.25 bits per heavy atom. The second-order valence-corrected chi connectivity index (χ2v) is 4.98. The molecule has 2 N–H and O–H groups in total. The van der Waals surface area contributed by atoms with Crippen molar-refractivity contribution in [3.8, 4) is 5.75 Å². The zero-order valence-corrected chi connectivity index (χ0v) is 9.75. The van der Waals surface area contributed by atoms with Gasteiger partial charge in [-0.1, -0.05) is 12.1 Å². The van der Waals surface area contributed by atoms with Gasteiger partial charge in [0.25, 0.3) is 0 Å². The SMILES string of the molecule is CC(C)(N)CC(=O)c1cccc2c1OCC2. The average molecular weight is 219 g/mol. The number of carbonyl (C=O) groups excluding carboxylic acids is 1. The smallest absolute Gasteiger partial charge is 0.168 e. The van der Waals surface area contributed by atoms with Crippen molar-refractivity contribution < 1.29 is 9.53 Å². The van der Waals surface area contributed by atoms with Gasteiger partial charge in [0.1, 0.15) is 5.75 Å². The Morgan fingerprint density at radius 3 is 2.94 bits per heavy atom. The van der Waals surface area contributed by atoms with E-state index < -0.39 is 5.54 Å². The molecule has 1 aromatic carbocycles. The van der Waals surface area contributed by atoms with Gasteiger partial charge in [0.05, 0.1) is 12.2 Å². The van der Waals surface area contributed by atoms with E-state index in [4.69, 9.17) is 10.5 Å². The summed E-state index contributed by atoms with van der Waals surface area (Å²) in [5.74, 6) is 0.822. The van der Waals surface area contributed by atoms with Crippen LogP contribution in [-0.2, 0) is 6.42 Å². The van der Waals surface area contributed by atoms with Crippen LogP contribution in [0.4, 0.5) is 0 Å². The molecule has 0 saturated heterocycles. The number of benzene rings is 1. The van der Waals surface area contributed by atoms with E-state index in [1.807, 2.05) is 32.0 Å². The number of nitrogens with two attached hydrogens (primary N) is 1. The highest BCUT2D eigenvalue weighted by molar-refractivity contribution is 5.99. The molecule has 0 aliphatic carbocycles. The maximum absolute atomic E-state index is 12.1. The van der Waals surface area contributed by atoms with E-state index in [2.05, 4.69) is 0 Å². The van der Waals surface area contributed by atoms with Crippen molar-refractivity contribution in [2.24, 2.45) is 5.73 Å². The molecule has 2 rings (SSSR count). The van der Waals surface area contributed by atoms with Crippen LogP contribution in [0.15, 0.2) is 18.2 Å². The lowest BCUT2D eigenvalue weighted by Gasteiger charge is -2.17. The van der Waals surface area contributed by atoms with Crippen LogP contribution in [-0.4, -0.2) is 17.9 Å². The van der Waals surface area contributed by atoms with Crippen LogP contribution in [0.25, 0.3) is 0 Å². The Balaban J connectivity index is 2.28. The van der Waals surface area contributed by atoms with E-state index in [9.17, 15) is 4.79 Å². The average Bonchev–Trinajstić information content (AvgIpc) is 2.61. The molecule has 0 spiro atoms. The van der Waals surface area contributed by atoms with Crippen molar-refractivity contribution in [3.63, 3.8) is 0 Å². The second-order valence-electron chi connectivity index (χ2n) is 4.98. The number of rotatable bonds is 3. The van der Waals surface area contributed by atoms with Gasteiger partial charge in [-0.15, -0.1) is 0 Å². The summed E-state index contributed by atoms with van der Waals surface area (Å²) in [7, 11) is 0. The fourth-order valence-electron chi connectivity index (χ4n) is 1.94. The molecule has 0 amide bonds. The summed E-state index contributed by atoms with van der Waals surface area (Å²) in [5, 5.41) is 0. The monoisotopic (exact) mass is 219 g/mol. The van der Waals surface area contributed by atoms with Gasteiger partial charge < -0.3 is 10.5 Å². The summed E-state index contributed by atoms with van der Waals surface area (Å²) in [4.78, 5) is 12.1. The van der Waals surface area contributed by atoms with Crippen molar-refractivity contribution in [1.29, 1.82) is 0 Å². The predicted octanol–water partition coefficient (Wildman–Crippen LogP) is 1.93. The van der Waals surface area contributed by atoms with Crippen LogP contribution in [0.2, 0.25) is 0 Å². The number of ether oxygens (including phenoxy) is 1. The molecule has 0 atom stereocenters. The molecule has 3 heteroatoms. The van der Waals surface area contributed by atoms with Gasteiger partial charge in [-0.25, -0.2) is 0 Å². The number of carbonyl (C=O) groups is 1. The van der Waals surface area contributed by atoms with Crippen molar-refractivity contribution in [3.05, 3.63) is 29.3 Å². The highest BCUT2D eigenvalue weighted by Crippen LogP contribution is 2.30. The number of ketones is 1. The molecular weight excluding hydrogens is 202 g/mol. The summed E-state index contributed by atoms with van der Waals surface area (Å²) < 4.78 is 5.50. The first kappa shape index (κ1) is 11.1. The minimum absolute atomic E-state index is 0.0613. The fourth-order valence-corrected chi connectivity index (χ4v) is 1.94. The van der Waals surface area contributed by atoms with Crippen molar-refractivity contribution in [2.45, 2.75) is 32.2 Å². The fraction of sp³-hybridized carbons (Fsp3) is 0.462. The van der Waals surface area contributed by atoms with Gasteiger partial charge in [0.15, 0.2) is 5.78 Å². The molecule has 0 radical (unpaired) electrons. The predicted molar refractivity (Wildman–Crippen MR) is 62.9 cm³/mol. The number of Topliss-reactive ketones (excluding diaryl/α,β-unsaturated/α-hetero) is 1. The number of para-hydroxylation sites is 1. The van der Waals surface area contributed by atoms with E-state index in [1.165, 1.54) is 0 Å². The molecule has 1 aromatic rings. The first-order valence-corrected chi connectivity index (χ1v) is 5.54. The lowest BCUT2D eigenvalue weighted by molar-refractivity contribution is 0.0957. The van der Waals surface area contributed by atoms with Gasteiger partial charge in [-0.3, -0.25) is 4.79 Å². The van der Waals surface area contributed by atoms with Crippen LogP contribution < -0.4 is 10.5 Å². The summed E-state index contributed by atoms with van der Waals surface area (Å²) in [6.45, 7) is 4.38. The maximum atomic E-state index is 12.1. The van der Waals surface area contributed by atoms with Crippen LogP contribution in [0.5, 0.6) is 5.75 Å². The van der Waals surface area contributed by atoms with Gasteiger partial charge >= 0.3 is 0 Å². The molecule has 0 fully saturated rings. The minimum Gasteiger partial charge on any atom is -0.492 e. The Kier molecular flexibility index (Phi) is 2.72. The molecule has 1 aliphatic heterocycles. The van der Waals surface area contributed by atoms with E-state index in [0.717, 1.165) is 17.7 Å². The number of hydrogen-bond acceptors (Lipinski definition) is 3. The van der Waals surface area contributed by atoms with Gasteiger partial charge in [-0.2, -0.15) is 0 Å². The quantitative estimate of drug-likeness (QED) is 0.790. The lowest BCUT2D eigenvalue weighted by atomic mass is 9.94. The highest BCUT2D eigenvalue weighted by atomic mass is 16.5. The second kappa shape index (κ2) is 3.91. The Bertz CT molecular complexity index is 418. The van der Waals surface area contributed by atoms with E-state index >= 15 is 0 Å². The maximum Gasteiger partial charge on any atom is 0.168 e. The molecule has 1 aliphatic rings. The molecule has 0 bridgehead atoms. The summed E-state index contributed by atoms with van der Waals surface area (Å²) in [6.07, 6.45) is 1.23. The summed E-state index contributed by atoms with van der Waals surface area (Å²) >= 11 is 0. The summed E-state index contributed by atoms with van der Waals surface area (Å²) in [5.41, 5.74) is 7.18. The normalized spacial score (nSPS) is 14.4. The summed E-state index contributed by atoms with van der Waals surface area (Å²) in [6, 6.07) is 5.73. The molecule has 0 aromatic heterocycles. The Hall–Kier alpha value is -1.35. The van der Waals surface area contributed by atoms with E-state index in [-0.39, 0.29) is 5.78 Å². The lowest BCUT2D eigenvalue weighted by Crippen LogP contribution is -2.34. The molecule has 0 unspecified atom stereocenters. The van der Waals surface area contributed by atoms with E-state index in [0.29, 0.717) is 18.6 Å². The van der Waals surface area contributed by atoms with Crippen LogP contribution in [0, 0.1) is 0 Å².